The van der Waals surface area contributed by atoms with Crippen LogP contribution >= 0.6 is 0 Å². The zero-order chi connectivity index (χ0) is 11.5. The maximum Gasteiger partial charge on any atom is 0.277 e. The topological polar surface area (TPSA) is 43.1 Å². The SMILES string of the molecule is Cc1ccccc1-c1ccccc1[N+](=O)[O-]. The van der Waals surface area contributed by atoms with Gasteiger partial charge in [0.2, 0.25) is 0 Å². The zero-order valence-corrected chi connectivity index (χ0v) is 8.88. The van der Waals surface area contributed by atoms with Crippen molar-refractivity contribution in [1.82, 2.24) is 0 Å². The molecule has 0 saturated heterocycles. The summed E-state index contributed by atoms with van der Waals surface area (Å²) in [6.07, 6.45) is 0. The molecule has 2 aromatic carbocycles. The molecule has 0 amide bonds. The highest BCUT2D eigenvalue weighted by atomic mass is 16.6. The van der Waals surface area contributed by atoms with Crippen LogP contribution in [-0.2, 0) is 0 Å². The van der Waals surface area contributed by atoms with E-state index in [2.05, 4.69) is 0 Å². The second-order valence-electron chi connectivity index (χ2n) is 3.59. The van der Waals surface area contributed by atoms with Gasteiger partial charge in [-0.1, -0.05) is 36.4 Å². The van der Waals surface area contributed by atoms with E-state index in [1.165, 1.54) is 6.07 Å². The van der Waals surface area contributed by atoms with Crippen LogP contribution in [0, 0.1) is 17.0 Å². The molecule has 0 radical (unpaired) electrons. The molecule has 3 nitrogen and oxygen atoms in total. The lowest BCUT2D eigenvalue weighted by Crippen LogP contribution is -1.92. The van der Waals surface area contributed by atoms with Crippen molar-refractivity contribution >= 4 is 5.69 Å². The monoisotopic (exact) mass is 213 g/mol. The highest BCUT2D eigenvalue weighted by Gasteiger charge is 2.14. The van der Waals surface area contributed by atoms with Gasteiger partial charge in [-0.2, -0.15) is 0 Å². The van der Waals surface area contributed by atoms with E-state index < -0.39 is 0 Å². The number of benzene rings is 2. The van der Waals surface area contributed by atoms with Gasteiger partial charge in [0.05, 0.1) is 10.5 Å². The molecule has 2 rings (SSSR count). The molecule has 2 aromatic rings. The Morgan fingerprint density at radius 3 is 2.12 bits per heavy atom. The number of rotatable bonds is 2. The maximum absolute atomic E-state index is 10.9. The van der Waals surface area contributed by atoms with E-state index in [1.807, 2.05) is 37.3 Å². The summed E-state index contributed by atoms with van der Waals surface area (Å²) in [6.45, 7) is 1.95. The van der Waals surface area contributed by atoms with Crippen molar-refractivity contribution in [2.24, 2.45) is 0 Å². The number of nitro benzene ring substituents is 1. The molecule has 0 aliphatic heterocycles. The van der Waals surface area contributed by atoms with Crippen LogP contribution in [0.4, 0.5) is 5.69 Å². The molecular formula is C13H11NO2. The average molecular weight is 213 g/mol. The second-order valence-corrected chi connectivity index (χ2v) is 3.59. The van der Waals surface area contributed by atoms with Gasteiger partial charge in [-0.25, -0.2) is 0 Å². The lowest BCUT2D eigenvalue weighted by molar-refractivity contribution is -0.384. The van der Waals surface area contributed by atoms with Crippen molar-refractivity contribution in [3.05, 3.63) is 64.2 Å². The van der Waals surface area contributed by atoms with E-state index in [-0.39, 0.29) is 10.6 Å². The molecule has 0 aliphatic rings. The third-order valence-electron chi connectivity index (χ3n) is 2.54. The van der Waals surface area contributed by atoms with E-state index in [1.54, 1.807) is 12.1 Å². The fourth-order valence-electron chi connectivity index (χ4n) is 1.74. The van der Waals surface area contributed by atoms with Crippen LogP contribution in [-0.4, -0.2) is 4.92 Å². The van der Waals surface area contributed by atoms with E-state index >= 15 is 0 Å². The molecule has 0 aliphatic carbocycles. The largest absolute Gasteiger partial charge is 0.277 e. The van der Waals surface area contributed by atoms with Crippen molar-refractivity contribution in [2.45, 2.75) is 6.92 Å². The maximum atomic E-state index is 10.9. The third-order valence-corrected chi connectivity index (χ3v) is 2.54. The molecule has 0 bridgehead atoms. The number of hydrogen-bond acceptors (Lipinski definition) is 2. The lowest BCUT2D eigenvalue weighted by atomic mass is 9.99. The minimum atomic E-state index is -0.345. The van der Waals surface area contributed by atoms with Gasteiger partial charge in [0.25, 0.3) is 5.69 Å². The fraction of sp³-hybridized carbons (Fsp3) is 0.0769. The summed E-state index contributed by atoms with van der Waals surface area (Å²) in [5.41, 5.74) is 2.77. The van der Waals surface area contributed by atoms with Crippen LogP contribution in [0.1, 0.15) is 5.56 Å². The lowest BCUT2D eigenvalue weighted by Gasteiger charge is -2.05. The van der Waals surface area contributed by atoms with Crippen molar-refractivity contribution in [2.75, 3.05) is 0 Å². The van der Waals surface area contributed by atoms with Crippen LogP contribution in [0.2, 0.25) is 0 Å². The van der Waals surface area contributed by atoms with E-state index in [0.29, 0.717) is 5.56 Å². The Balaban J connectivity index is 2.65. The van der Waals surface area contributed by atoms with E-state index in [4.69, 9.17) is 0 Å². The van der Waals surface area contributed by atoms with Gasteiger partial charge in [0.15, 0.2) is 0 Å². The van der Waals surface area contributed by atoms with Gasteiger partial charge in [-0.05, 0) is 24.1 Å². The molecule has 16 heavy (non-hydrogen) atoms. The van der Waals surface area contributed by atoms with Crippen LogP contribution in [0.25, 0.3) is 11.1 Å². The number of para-hydroxylation sites is 1. The second kappa shape index (κ2) is 4.14. The molecule has 0 N–H and O–H groups in total. The summed E-state index contributed by atoms with van der Waals surface area (Å²) in [5.74, 6) is 0. The third kappa shape index (κ3) is 1.80. The molecule has 0 heterocycles. The van der Waals surface area contributed by atoms with Gasteiger partial charge in [0.1, 0.15) is 0 Å². The number of aryl methyl sites for hydroxylation is 1. The highest BCUT2D eigenvalue weighted by Crippen LogP contribution is 2.31. The van der Waals surface area contributed by atoms with Crippen LogP contribution < -0.4 is 0 Å². The van der Waals surface area contributed by atoms with Crippen LogP contribution in [0.5, 0.6) is 0 Å². The van der Waals surface area contributed by atoms with Crippen LogP contribution in [0.15, 0.2) is 48.5 Å². The molecule has 0 spiro atoms. The Morgan fingerprint density at radius 2 is 1.50 bits per heavy atom. The van der Waals surface area contributed by atoms with Crippen LogP contribution in [0.3, 0.4) is 0 Å². The Hall–Kier alpha value is -2.16. The quantitative estimate of drug-likeness (QED) is 0.565. The minimum Gasteiger partial charge on any atom is -0.258 e. The molecule has 3 heteroatoms. The standard InChI is InChI=1S/C13H11NO2/c1-10-6-2-3-7-11(10)12-8-4-5-9-13(12)14(15)16/h2-9H,1H3. The Labute approximate surface area is 93.5 Å². The molecule has 80 valence electrons. The first-order valence-electron chi connectivity index (χ1n) is 4.99. The normalized spacial score (nSPS) is 10.1. The Bertz CT molecular complexity index is 535. The van der Waals surface area contributed by atoms with Crippen molar-refractivity contribution < 1.29 is 4.92 Å². The number of nitro groups is 1. The summed E-state index contributed by atoms with van der Waals surface area (Å²) in [7, 11) is 0. The first-order chi connectivity index (χ1) is 7.70. The summed E-state index contributed by atoms with van der Waals surface area (Å²) in [4.78, 5) is 10.6. The average Bonchev–Trinajstić information content (AvgIpc) is 2.29. The van der Waals surface area contributed by atoms with Gasteiger partial charge in [-0.15, -0.1) is 0 Å². The van der Waals surface area contributed by atoms with E-state index in [0.717, 1.165) is 11.1 Å². The summed E-state index contributed by atoms with van der Waals surface area (Å²) in [5, 5.41) is 10.9. The predicted octanol–water partition coefficient (Wildman–Crippen LogP) is 3.57. The van der Waals surface area contributed by atoms with Crippen molar-refractivity contribution in [3.8, 4) is 11.1 Å². The first-order valence-corrected chi connectivity index (χ1v) is 4.99. The molecular weight excluding hydrogens is 202 g/mol. The first kappa shape index (κ1) is 10.4. The van der Waals surface area contributed by atoms with Gasteiger partial charge in [-0.3, -0.25) is 10.1 Å². The summed E-state index contributed by atoms with van der Waals surface area (Å²) >= 11 is 0. The minimum absolute atomic E-state index is 0.150. The molecule has 0 fully saturated rings. The zero-order valence-electron chi connectivity index (χ0n) is 8.88. The van der Waals surface area contributed by atoms with Gasteiger partial charge >= 0.3 is 0 Å². The molecule has 0 aromatic heterocycles. The summed E-state index contributed by atoms with van der Waals surface area (Å²) in [6, 6.07) is 14.5. The Kier molecular flexibility index (Phi) is 2.68. The fourth-order valence-corrected chi connectivity index (χ4v) is 1.74. The highest BCUT2D eigenvalue weighted by molar-refractivity contribution is 5.75. The smallest absolute Gasteiger partial charge is 0.258 e. The van der Waals surface area contributed by atoms with E-state index in [9.17, 15) is 10.1 Å². The summed E-state index contributed by atoms with van der Waals surface area (Å²) < 4.78 is 0. The van der Waals surface area contributed by atoms with Gasteiger partial charge < -0.3 is 0 Å². The molecule has 0 saturated carbocycles. The Morgan fingerprint density at radius 1 is 0.938 bits per heavy atom. The van der Waals surface area contributed by atoms with Crippen molar-refractivity contribution in [1.29, 1.82) is 0 Å². The molecule has 0 unspecified atom stereocenters. The number of nitrogens with zero attached hydrogens (tertiary/aromatic N) is 1. The van der Waals surface area contributed by atoms with Crippen molar-refractivity contribution in [3.63, 3.8) is 0 Å². The number of hydrogen-bond donors (Lipinski definition) is 0. The predicted molar refractivity (Wildman–Crippen MR) is 63.3 cm³/mol. The molecule has 0 atom stereocenters. The van der Waals surface area contributed by atoms with Gasteiger partial charge in [0, 0.05) is 6.07 Å².